The normalized spacial score (nSPS) is 10.9. The summed E-state index contributed by atoms with van der Waals surface area (Å²) in [6.45, 7) is 1.75. The SMILES string of the molecule is Cc1ccc(F)c(NC(=O)Nc2cc(-c3cc4cnc(N)nc4n(C)c3=O)ccc2F)c1. The number of aryl methyl sites for hydroxylation is 2. The maximum Gasteiger partial charge on any atom is 0.323 e. The van der Waals surface area contributed by atoms with Gasteiger partial charge in [-0.2, -0.15) is 4.98 Å². The van der Waals surface area contributed by atoms with Crippen LogP contribution in [0, 0.1) is 18.6 Å². The average molecular weight is 436 g/mol. The van der Waals surface area contributed by atoms with Crippen LogP contribution in [0.1, 0.15) is 5.56 Å². The smallest absolute Gasteiger partial charge is 0.323 e. The first-order chi connectivity index (χ1) is 15.2. The molecule has 0 aliphatic heterocycles. The molecule has 0 unspecified atom stereocenters. The highest BCUT2D eigenvalue weighted by Gasteiger charge is 2.15. The van der Waals surface area contributed by atoms with Crippen molar-refractivity contribution in [1.82, 2.24) is 14.5 Å². The third kappa shape index (κ3) is 3.97. The largest absolute Gasteiger partial charge is 0.368 e. The average Bonchev–Trinajstić information content (AvgIpc) is 2.75. The predicted octanol–water partition coefficient (Wildman–Crippen LogP) is 3.81. The molecule has 2 aromatic carbocycles. The highest BCUT2D eigenvalue weighted by Crippen LogP contribution is 2.25. The van der Waals surface area contributed by atoms with E-state index in [-0.39, 0.29) is 28.4 Å². The van der Waals surface area contributed by atoms with Gasteiger partial charge in [0.25, 0.3) is 5.56 Å². The van der Waals surface area contributed by atoms with E-state index in [1.807, 2.05) is 0 Å². The van der Waals surface area contributed by atoms with Crippen LogP contribution in [0.25, 0.3) is 22.2 Å². The number of urea groups is 1. The Balaban J connectivity index is 1.68. The van der Waals surface area contributed by atoms with Gasteiger partial charge in [0, 0.05) is 24.2 Å². The van der Waals surface area contributed by atoms with E-state index in [2.05, 4.69) is 20.6 Å². The van der Waals surface area contributed by atoms with Crippen LogP contribution in [-0.4, -0.2) is 20.6 Å². The third-order valence-electron chi connectivity index (χ3n) is 4.86. The third-order valence-corrected chi connectivity index (χ3v) is 4.86. The predicted molar refractivity (Wildman–Crippen MR) is 118 cm³/mol. The van der Waals surface area contributed by atoms with E-state index >= 15 is 0 Å². The molecule has 0 spiro atoms. The molecule has 2 amide bonds. The number of nitrogen functional groups attached to an aromatic ring is 1. The summed E-state index contributed by atoms with van der Waals surface area (Å²) in [5.74, 6) is -1.31. The summed E-state index contributed by atoms with van der Waals surface area (Å²) < 4.78 is 29.6. The minimum atomic E-state index is -0.833. The number of anilines is 3. The summed E-state index contributed by atoms with van der Waals surface area (Å²) in [6, 6.07) is 8.83. The Morgan fingerprint density at radius 2 is 1.69 bits per heavy atom. The number of carbonyl (C=O) groups is 1. The Morgan fingerprint density at radius 3 is 2.41 bits per heavy atom. The Kier molecular flexibility index (Phi) is 5.27. The van der Waals surface area contributed by atoms with Crippen molar-refractivity contribution in [2.75, 3.05) is 16.4 Å². The maximum atomic E-state index is 14.4. The molecule has 4 N–H and O–H groups in total. The molecule has 0 saturated heterocycles. The molecule has 0 fully saturated rings. The van der Waals surface area contributed by atoms with Crippen molar-refractivity contribution >= 4 is 34.4 Å². The number of rotatable bonds is 3. The lowest BCUT2D eigenvalue weighted by molar-refractivity contribution is 0.262. The van der Waals surface area contributed by atoms with Crippen LogP contribution in [0.5, 0.6) is 0 Å². The topological polar surface area (TPSA) is 115 Å². The van der Waals surface area contributed by atoms with Crippen LogP contribution >= 0.6 is 0 Å². The van der Waals surface area contributed by atoms with Gasteiger partial charge in [-0.15, -0.1) is 0 Å². The molecular weight excluding hydrogens is 418 g/mol. The van der Waals surface area contributed by atoms with Gasteiger partial charge in [-0.25, -0.2) is 18.6 Å². The number of aromatic nitrogens is 3. The Bertz CT molecular complexity index is 1430. The van der Waals surface area contributed by atoms with Crippen LogP contribution in [-0.2, 0) is 7.05 Å². The van der Waals surface area contributed by atoms with Crippen molar-refractivity contribution in [1.29, 1.82) is 0 Å². The molecule has 0 bridgehead atoms. The minimum Gasteiger partial charge on any atom is -0.368 e. The molecule has 4 rings (SSSR count). The number of pyridine rings is 1. The van der Waals surface area contributed by atoms with Gasteiger partial charge in [0.2, 0.25) is 5.95 Å². The first-order valence-corrected chi connectivity index (χ1v) is 9.49. The fourth-order valence-electron chi connectivity index (χ4n) is 3.27. The lowest BCUT2D eigenvalue weighted by Gasteiger charge is -2.12. The van der Waals surface area contributed by atoms with Crippen LogP contribution in [0.15, 0.2) is 53.5 Å². The number of halogens is 2. The summed E-state index contributed by atoms with van der Waals surface area (Å²) >= 11 is 0. The highest BCUT2D eigenvalue weighted by molar-refractivity contribution is 6.00. The molecule has 0 atom stereocenters. The Morgan fingerprint density at radius 1 is 1.03 bits per heavy atom. The second-order valence-corrected chi connectivity index (χ2v) is 7.19. The second kappa shape index (κ2) is 8.06. The molecule has 4 aromatic rings. The molecule has 2 aromatic heterocycles. The fraction of sp³-hybridized carbons (Fsp3) is 0.0909. The van der Waals surface area contributed by atoms with E-state index in [0.717, 1.165) is 11.6 Å². The number of nitrogens with one attached hydrogen (secondary N) is 2. The van der Waals surface area contributed by atoms with Crippen molar-refractivity contribution in [2.24, 2.45) is 7.05 Å². The molecular formula is C22H18F2N6O2. The number of nitrogens with two attached hydrogens (primary N) is 1. The van der Waals surface area contributed by atoms with Gasteiger partial charge in [0.1, 0.15) is 17.3 Å². The molecule has 0 aliphatic rings. The molecule has 0 saturated carbocycles. The number of benzene rings is 2. The zero-order chi connectivity index (χ0) is 23.0. The van der Waals surface area contributed by atoms with E-state index in [4.69, 9.17) is 5.73 Å². The number of hydrogen-bond donors (Lipinski definition) is 3. The maximum absolute atomic E-state index is 14.4. The summed E-state index contributed by atoms with van der Waals surface area (Å²) in [7, 11) is 1.53. The summed E-state index contributed by atoms with van der Waals surface area (Å²) in [5, 5.41) is 5.26. The summed E-state index contributed by atoms with van der Waals surface area (Å²) in [5.41, 5.74) is 6.70. The number of hydrogen-bond acceptors (Lipinski definition) is 5. The minimum absolute atomic E-state index is 0.0320. The fourth-order valence-corrected chi connectivity index (χ4v) is 3.27. The van der Waals surface area contributed by atoms with E-state index in [9.17, 15) is 18.4 Å². The molecule has 0 aliphatic carbocycles. The van der Waals surface area contributed by atoms with Crippen LogP contribution in [0.4, 0.5) is 30.9 Å². The monoisotopic (exact) mass is 436 g/mol. The van der Waals surface area contributed by atoms with Gasteiger partial charge in [-0.3, -0.25) is 9.36 Å². The van der Waals surface area contributed by atoms with Gasteiger partial charge in [-0.1, -0.05) is 12.1 Å². The summed E-state index contributed by atoms with van der Waals surface area (Å²) in [4.78, 5) is 33.2. The number of carbonyl (C=O) groups excluding carboxylic acids is 1. The van der Waals surface area contributed by atoms with E-state index in [1.165, 1.54) is 42.1 Å². The quantitative estimate of drug-likeness (QED) is 0.452. The Labute approximate surface area is 180 Å². The summed E-state index contributed by atoms with van der Waals surface area (Å²) in [6.07, 6.45) is 1.48. The van der Waals surface area contributed by atoms with Gasteiger partial charge >= 0.3 is 6.03 Å². The Hall–Kier alpha value is -4.34. The lowest BCUT2D eigenvalue weighted by Crippen LogP contribution is -2.22. The van der Waals surface area contributed by atoms with Gasteiger partial charge in [0.15, 0.2) is 0 Å². The molecule has 32 heavy (non-hydrogen) atoms. The van der Waals surface area contributed by atoms with Crippen LogP contribution < -0.4 is 21.9 Å². The van der Waals surface area contributed by atoms with Crippen molar-refractivity contribution < 1.29 is 13.6 Å². The first kappa shape index (κ1) is 20.9. The molecule has 8 nitrogen and oxygen atoms in total. The van der Waals surface area contributed by atoms with Crippen molar-refractivity contribution in [3.8, 4) is 11.1 Å². The van der Waals surface area contributed by atoms with Gasteiger partial charge in [0.05, 0.1) is 11.4 Å². The standard InChI is InChI=1S/C22H18F2N6O2/c1-11-3-5-15(23)17(7-11)27-22(32)28-18-9-12(4-6-16(18)24)14-8-13-10-26-21(25)29-19(13)30(2)20(14)31/h3-10H,1-2H3,(H2,25,26,29)(H2,27,28,32). The van der Waals surface area contributed by atoms with Gasteiger partial charge < -0.3 is 16.4 Å². The lowest BCUT2D eigenvalue weighted by atomic mass is 10.1. The van der Waals surface area contributed by atoms with Crippen LogP contribution in [0.3, 0.4) is 0 Å². The van der Waals surface area contributed by atoms with Crippen molar-refractivity contribution in [2.45, 2.75) is 6.92 Å². The van der Waals surface area contributed by atoms with E-state index in [1.54, 1.807) is 19.1 Å². The van der Waals surface area contributed by atoms with E-state index in [0.29, 0.717) is 16.6 Å². The number of nitrogens with zero attached hydrogens (tertiary/aromatic N) is 3. The number of fused-ring (bicyclic) bond motifs is 1. The van der Waals surface area contributed by atoms with Crippen LogP contribution in [0.2, 0.25) is 0 Å². The molecule has 162 valence electrons. The number of amides is 2. The highest BCUT2D eigenvalue weighted by atomic mass is 19.1. The van der Waals surface area contributed by atoms with Crippen molar-refractivity contribution in [3.63, 3.8) is 0 Å². The zero-order valence-corrected chi connectivity index (χ0v) is 17.1. The zero-order valence-electron chi connectivity index (χ0n) is 17.1. The second-order valence-electron chi connectivity index (χ2n) is 7.19. The molecule has 10 heteroatoms. The van der Waals surface area contributed by atoms with Crippen molar-refractivity contribution in [3.05, 3.63) is 76.2 Å². The first-order valence-electron chi connectivity index (χ1n) is 9.49. The molecule has 2 heterocycles. The van der Waals surface area contributed by atoms with Gasteiger partial charge in [-0.05, 0) is 48.4 Å². The van der Waals surface area contributed by atoms with E-state index < -0.39 is 17.7 Å². The molecule has 0 radical (unpaired) electrons.